The Balaban J connectivity index is 2.09. The van der Waals surface area contributed by atoms with Crippen LogP contribution >= 0.6 is 11.6 Å². The highest BCUT2D eigenvalue weighted by Crippen LogP contribution is 2.26. The van der Waals surface area contributed by atoms with Crippen molar-refractivity contribution in [3.8, 4) is 11.5 Å². The zero-order valence-corrected chi connectivity index (χ0v) is 15.3. The van der Waals surface area contributed by atoms with E-state index in [4.69, 9.17) is 22.1 Å². The minimum atomic E-state index is -1.08. The van der Waals surface area contributed by atoms with Crippen molar-refractivity contribution < 1.29 is 19.5 Å². The smallest absolute Gasteiger partial charge is 0.263 e. The van der Waals surface area contributed by atoms with E-state index in [9.17, 15) is 14.8 Å². The van der Waals surface area contributed by atoms with Crippen molar-refractivity contribution in [3.63, 3.8) is 0 Å². The number of hydrogen-bond acceptors (Lipinski definition) is 4. The Morgan fingerprint density at radius 1 is 1.08 bits per heavy atom. The topological polar surface area (TPSA) is 92.9 Å². The molecule has 0 bridgehead atoms. The van der Waals surface area contributed by atoms with Crippen LogP contribution in [0, 0.1) is 11.8 Å². The maximum atomic E-state index is 12.4. The summed E-state index contributed by atoms with van der Waals surface area (Å²) >= 11 is 5.83. The average molecular weight is 377 g/mol. The third kappa shape index (κ3) is 5.21. The van der Waals surface area contributed by atoms with Gasteiger partial charge in [-0.15, -0.1) is 0 Å². The summed E-state index contributed by atoms with van der Waals surface area (Å²) in [5.41, 5.74) is 5.51. The number of hydrogen-bond donors (Lipinski definition) is 2. The predicted octanol–water partition coefficient (Wildman–Crippen LogP) is 4.00. The number of hydroxylamine groups is 1. The number of nitrogens with zero attached hydrogens (tertiary/aromatic N) is 1. The summed E-state index contributed by atoms with van der Waals surface area (Å²) in [5.74, 6) is -1.39. The van der Waals surface area contributed by atoms with E-state index in [1.165, 1.54) is 12.1 Å². The fourth-order valence-corrected chi connectivity index (χ4v) is 2.51. The summed E-state index contributed by atoms with van der Waals surface area (Å²) in [6.45, 7) is 3.74. The largest absolute Gasteiger partial charge is 0.457 e. The van der Waals surface area contributed by atoms with Crippen LogP contribution in [0.4, 0.5) is 5.69 Å². The van der Waals surface area contributed by atoms with Crippen LogP contribution in [-0.4, -0.2) is 17.0 Å². The van der Waals surface area contributed by atoms with Gasteiger partial charge in [-0.05, 0) is 60.9 Å². The summed E-state index contributed by atoms with van der Waals surface area (Å²) in [5, 5.41) is 11.2. The number of anilines is 1. The number of amides is 2. The number of ether oxygens (including phenoxy) is 1. The third-order valence-electron chi connectivity index (χ3n) is 3.69. The highest BCUT2D eigenvalue weighted by atomic mass is 35.5. The lowest BCUT2D eigenvalue weighted by Crippen LogP contribution is -2.41. The number of halogens is 1. The van der Waals surface area contributed by atoms with Gasteiger partial charge < -0.3 is 10.5 Å². The summed E-state index contributed by atoms with van der Waals surface area (Å²) in [7, 11) is 0. The van der Waals surface area contributed by atoms with E-state index in [0.29, 0.717) is 21.6 Å². The highest BCUT2D eigenvalue weighted by molar-refractivity contribution is 6.30. The Hall–Kier alpha value is -2.57. The fraction of sp³-hybridized carbons (Fsp3) is 0.263. The molecular formula is C19H21ClN2O4. The third-order valence-corrected chi connectivity index (χ3v) is 3.94. The first-order valence-corrected chi connectivity index (χ1v) is 8.51. The van der Waals surface area contributed by atoms with E-state index in [1.807, 2.05) is 13.8 Å². The lowest BCUT2D eigenvalue weighted by molar-refractivity contribution is -0.135. The molecule has 0 aliphatic carbocycles. The lowest BCUT2D eigenvalue weighted by Gasteiger charge is -2.21. The Labute approximate surface area is 157 Å². The second-order valence-corrected chi connectivity index (χ2v) is 6.72. The van der Waals surface area contributed by atoms with Crippen LogP contribution in [0.3, 0.4) is 0 Å². The number of carbonyl (C=O) groups excluding carboxylic acids is 2. The zero-order valence-electron chi connectivity index (χ0n) is 14.6. The van der Waals surface area contributed by atoms with E-state index in [1.54, 1.807) is 36.4 Å². The Kier molecular flexibility index (Phi) is 6.60. The van der Waals surface area contributed by atoms with E-state index in [-0.39, 0.29) is 18.0 Å². The summed E-state index contributed by atoms with van der Waals surface area (Å²) in [4.78, 5) is 23.9. The number of nitrogens with two attached hydrogens (primary N) is 1. The molecule has 0 saturated heterocycles. The van der Waals surface area contributed by atoms with Crippen molar-refractivity contribution in [1.29, 1.82) is 0 Å². The lowest BCUT2D eigenvalue weighted by atomic mass is 9.95. The second-order valence-electron chi connectivity index (χ2n) is 6.28. The van der Waals surface area contributed by atoms with Gasteiger partial charge >= 0.3 is 0 Å². The zero-order chi connectivity index (χ0) is 19.3. The van der Waals surface area contributed by atoms with Crippen molar-refractivity contribution in [2.75, 3.05) is 5.06 Å². The minimum Gasteiger partial charge on any atom is -0.457 e. The van der Waals surface area contributed by atoms with Crippen molar-refractivity contribution in [3.05, 3.63) is 53.6 Å². The Morgan fingerprint density at radius 3 is 2.04 bits per heavy atom. The van der Waals surface area contributed by atoms with Crippen LogP contribution in [0.15, 0.2) is 48.5 Å². The summed E-state index contributed by atoms with van der Waals surface area (Å²) < 4.78 is 5.65. The molecule has 6 nitrogen and oxygen atoms in total. The molecule has 0 aliphatic rings. The van der Waals surface area contributed by atoms with Crippen molar-refractivity contribution in [2.24, 2.45) is 17.6 Å². The maximum absolute atomic E-state index is 12.4. The van der Waals surface area contributed by atoms with Crippen LogP contribution in [-0.2, 0) is 9.59 Å². The number of benzene rings is 2. The molecule has 3 N–H and O–H groups in total. The van der Waals surface area contributed by atoms with Gasteiger partial charge in [0.05, 0.1) is 5.69 Å². The van der Waals surface area contributed by atoms with Crippen molar-refractivity contribution in [2.45, 2.75) is 20.3 Å². The number of rotatable bonds is 7. The molecule has 0 radical (unpaired) electrons. The van der Waals surface area contributed by atoms with Gasteiger partial charge in [0.15, 0.2) is 0 Å². The van der Waals surface area contributed by atoms with Gasteiger partial charge in [-0.1, -0.05) is 25.4 Å². The number of carbonyl (C=O) groups is 2. The molecule has 26 heavy (non-hydrogen) atoms. The summed E-state index contributed by atoms with van der Waals surface area (Å²) in [6, 6.07) is 13.1. The van der Waals surface area contributed by atoms with Crippen LogP contribution < -0.4 is 15.5 Å². The minimum absolute atomic E-state index is 0.0833. The van der Waals surface area contributed by atoms with Gasteiger partial charge in [0, 0.05) is 5.02 Å². The molecule has 0 saturated carbocycles. The average Bonchev–Trinajstić information content (AvgIpc) is 2.61. The molecule has 0 fully saturated rings. The van der Waals surface area contributed by atoms with Crippen LogP contribution in [0.5, 0.6) is 11.5 Å². The molecule has 0 aliphatic heterocycles. The van der Waals surface area contributed by atoms with Gasteiger partial charge in [0.2, 0.25) is 5.91 Å². The molecule has 2 rings (SSSR count). The van der Waals surface area contributed by atoms with Gasteiger partial charge in [-0.25, -0.2) is 0 Å². The van der Waals surface area contributed by atoms with E-state index in [2.05, 4.69) is 0 Å². The van der Waals surface area contributed by atoms with Gasteiger partial charge in [0.1, 0.15) is 17.4 Å². The molecule has 0 spiro atoms. The van der Waals surface area contributed by atoms with E-state index < -0.39 is 17.7 Å². The standard InChI is InChI=1S/C19H21ClN2O4/c1-12(2)11-17(18(21)23)19(24)22(25)14-5-9-16(10-6-14)26-15-7-3-13(20)4-8-15/h3-10,12,17,25H,11H2,1-2H3,(H2,21,23). The molecule has 0 aromatic heterocycles. The molecule has 2 aromatic carbocycles. The van der Waals surface area contributed by atoms with Crippen LogP contribution in [0.2, 0.25) is 5.02 Å². The second kappa shape index (κ2) is 8.69. The first-order valence-electron chi connectivity index (χ1n) is 8.13. The quantitative estimate of drug-likeness (QED) is 0.434. The van der Waals surface area contributed by atoms with Crippen LogP contribution in [0.1, 0.15) is 20.3 Å². The molecule has 0 heterocycles. The van der Waals surface area contributed by atoms with Gasteiger partial charge in [-0.3, -0.25) is 14.8 Å². The predicted molar refractivity (Wildman–Crippen MR) is 99.4 cm³/mol. The molecule has 138 valence electrons. The molecular weight excluding hydrogens is 356 g/mol. The number of primary amides is 1. The van der Waals surface area contributed by atoms with Crippen molar-refractivity contribution in [1.82, 2.24) is 0 Å². The first-order chi connectivity index (χ1) is 12.3. The maximum Gasteiger partial charge on any atom is 0.263 e. The van der Waals surface area contributed by atoms with E-state index in [0.717, 1.165) is 0 Å². The normalized spacial score (nSPS) is 11.9. The molecule has 2 aromatic rings. The first kappa shape index (κ1) is 19.8. The van der Waals surface area contributed by atoms with Crippen LogP contribution in [0.25, 0.3) is 0 Å². The van der Waals surface area contributed by atoms with Gasteiger partial charge in [0.25, 0.3) is 5.91 Å². The Morgan fingerprint density at radius 2 is 1.58 bits per heavy atom. The monoisotopic (exact) mass is 376 g/mol. The summed E-state index contributed by atoms with van der Waals surface area (Å²) in [6.07, 6.45) is 0.267. The molecule has 7 heteroatoms. The SMILES string of the molecule is CC(C)CC(C(N)=O)C(=O)N(O)c1ccc(Oc2ccc(Cl)cc2)cc1. The molecule has 1 atom stereocenters. The van der Waals surface area contributed by atoms with Crippen molar-refractivity contribution >= 4 is 29.1 Å². The Bertz CT molecular complexity index is 760. The van der Waals surface area contributed by atoms with Gasteiger partial charge in [-0.2, -0.15) is 5.06 Å². The molecule has 2 amide bonds. The fourth-order valence-electron chi connectivity index (χ4n) is 2.38. The van der Waals surface area contributed by atoms with E-state index >= 15 is 0 Å². The highest BCUT2D eigenvalue weighted by Gasteiger charge is 2.30. The molecule has 1 unspecified atom stereocenters.